The SMILES string of the molecule is CCC(N)C(OC1CCOCC1)c1ccccn1. The molecule has 1 aromatic heterocycles. The van der Waals surface area contributed by atoms with Gasteiger partial charge in [-0.2, -0.15) is 0 Å². The quantitative estimate of drug-likeness (QED) is 0.869. The first kappa shape index (κ1) is 13.5. The molecule has 2 atom stereocenters. The first-order valence-electron chi connectivity index (χ1n) is 6.71. The molecule has 1 aliphatic heterocycles. The molecule has 4 heteroatoms. The Kier molecular flexibility index (Phi) is 5.11. The van der Waals surface area contributed by atoms with Crippen LogP contribution in [0.4, 0.5) is 0 Å². The maximum atomic E-state index is 6.17. The van der Waals surface area contributed by atoms with Gasteiger partial charge in [0.2, 0.25) is 0 Å². The predicted octanol–water partition coefficient (Wildman–Crippen LogP) is 2.06. The molecule has 2 heterocycles. The zero-order chi connectivity index (χ0) is 12.8. The van der Waals surface area contributed by atoms with Crippen LogP contribution in [0.3, 0.4) is 0 Å². The van der Waals surface area contributed by atoms with Gasteiger partial charge in [0.1, 0.15) is 6.10 Å². The van der Waals surface area contributed by atoms with E-state index in [-0.39, 0.29) is 18.2 Å². The lowest BCUT2D eigenvalue weighted by molar-refractivity contribution is -0.0791. The molecule has 0 radical (unpaired) electrons. The Hall–Kier alpha value is -0.970. The summed E-state index contributed by atoms with van der Waals surface area (Å²) in [6.45, 7) is 3.63. The standard InChI is InChI=1S/C14H22N2O2/c1-2-12(15)14(13-5-3-4-8-16-13)18-11-6-9-17-10-7-11/h3-5,8,11-12,14H,2,6-7,9-10,15H2,1H3. The van der Waals surface area contributed by atoms with Crippen molar-refractivity contribution in [1.29, 1.82) is 0 Å². The number of nitrogens with two attached hydrogens (primary N) is 1. The largest absolute Gasteiger partial charge is 0.381 e. The van der Waals surface area contributed by atoms with Crippen molar-refractivity contribution in [1.82, 2.24) is 4.98 Å². The average Bonchev–Trinajstić information content (AvgIpc) is 2.46. The van der Waals surface area contributed by atoms with E-state index in [0.29, 0.717) is 0 Å². The van der Waals surface area contributed by atoms with Crippen LogP contribution < -0.4 is 5.73 Å². The van der Waals surface area contributed by atoms with E-state index in [1.54, 1.807) is 6.20 Å². The Morgan fingerprint density at radius 3 is 2.83 bits per heavy atom. The Morgan fingerprint density at radius 1 is 1.44 bits per heavy atom. The Labute approximate surface area is 108 Å². The molecule has 2 unspecified atom stereocenters. The molecule has 2 N–H and O–H groups in total. The fourth-order valence-electron chi connectivity index (χ4n) is 2.17. The summed E-state index contributed by atoms with van der Waals surface area (Å²) in [6.07, 6.45) is 4.69. The molecular formula is C14H22N2O2. The van der Waals surface area contributed by atoms with Crippen LogP contribution in [0.1, 0.15) is 38.0 Å². The molecule has 1 aromatic rings. The van der Waals surface area contributed by atoms with Crippen LogP contribution in [-0.4, -0.2) is 30.3 Å². The number of nitrogens with zero attached hydrogens (tertiary/aromatic N) is 1. The molecule has 0 saturated carbocycles. The molecule has 0 spiro atoms. The van der Waals surface area contributed by atoms with E-state index in [9.17, 15) is 0 Å². The minimum atomic E-state index is -0.112. The van der Waals surface area contributed by atoms with Gasteiger partial charge in [-0.15, -0.1) is 0 Å². The van der Waals surface area contributed by atoms with E-state index in [1.807, 2.05) is 18.2 Å². The lowest BCUT2D eigenvalue weighted by Crippen LogP contribution is -2.35. The van der Waals surface area contributed by atoms with Gasteiger partial charge >= 0.3 is 0 Å². The van der Waals surface area contributed by atoms with Crippen molar-refractivity contribution in [2.45, 2.75) is 44.4 Å². The van der Waals surface area contributed by atoms with Gasteiger partial charge in [0.05, 0.1) is 11.8 Å². The lowest BCUT2D eigenvalue weighted by Gasteiger charge is -2.30. The van der Waals surface area contributed by atoms with Crippen molar-refractivity contribution < 1.29 is 9.47 Å². The van der Waals surface area contributed by atoms with Crippen molar-refractivity contribution in [3.8, 4) is 0 Å². The molecule has 1 saturated heterocycles. The Morgan fingerprint density at radius 2 is 2.22 bits per heavy atom. The van der Waals surface area contributed by atoms with Crippen LogP contribution in [0.5, 0.6) is 0 Å². The van der Waals surface area contributed by atoms with Crippen molar-refractivity contribution in [2.24, 2.45) is 5.73 Å². The van der Waals surface area contributed by atoms with Gasteiger partial charge < -0.3 is 15.2 Å². The van der Waals surface area contributed by atoms with Gasteiger partial charge in [0, 0.05) is 25.5 Å². The fourth-order valence-corrected chi connectivity index (χ4v) is 2.17. The summed E-state index contributed by atoms with van der Waals surface area (Å²) >= 11 is 0. The minimum absolute atomic E-state index is 0.0113. The Balaban J connectivity index is 2.05. The minimum Gasteiger partial charge on any atom is -0.381 e. The van der Waals surface area contributed by atoms with Crippen LogP contribution >= 0.6 is 0 Å². The number of hydrogen-bond acceptors (Lipinski definition) is 4. The summed E-state index contributed by atoms with van der Waals surface area (Å²) < 4.78 is 11.5. The molecule has 18 heavy (non-hydrogen) atoms. The normalized spacial score (nSPS) is 20.6. The van der Waals surface area contributed by atoms with Crippen LogP contribution in [0, 0.1) is 0 Å². The van der Waals surface area contributed by atoms with Crippen LogP contribution in [0.25, 0.3) is 0 Å². The summed E-state index contributed by atoms with van der Waals surface area (Å²) in [5.41, 5.74) is 7.10. The molecule has 0 amide bonds. The van der Waals surface area contributed by atoms with E-state index < -0.39 is 0 Å². The summed E-state index contributed by atoms with van der Waals surface area (Å²) in [5, 5.41) is 0. The number of ether oxygens (including phenoxy) is 2. The van der Waals surface area contributed by atoms with Crippen molar-refractivity contribution in [3.63, 3.8) is 0 Å². The van der Waals surface area contributed by atoms with Gasteiger partial charge in [-0.05, 0) is 31.4 Å². The molecule has 1 aliphatic rings. The maximum Gasteiger partial charge on any atom is 0.115 e. The smallest absolute Gasteiger partial charge is 0.115 e. The van der Waals surface area contributed by atoms with Gasteiger partial charge in [-0.3, -0.25) is 4.98 Å². The third-order valence-corrected chi connectivity index (χ3v) is 3.35. The lowest BCUT2D eigenvalue weighted by atomic mass is 10.0. The van der Waals surface area contributed by atoms with Crippen molar-refractivity contribution >= 4 is 0 Å². The number of pyridine rings is 1. The maximum absolute atomic E-state index is 6.17. The molecule has 0 aromatic carbocycles. The summed E-state index contributed by atoms with van der Waals surface area (Å²) in [4.78, 5) is 4.38. The highest BCUT2D eigenvalue weighted by Gasteiger charge is 2.25. The fraction of sp³-hybridized carbons (Fsp3) is 0.643. The summed E-state index contributed by atoms with van der Waals surface area (Å²) in [5.74, 6) is 0. The summed E-state index contributed by atoms with van der Waals surface area (Å²) in [6, 6.07) is 5.86. The highest BCUT2D eigenvalue weighted by molar-refractivity contribution is 5.09. The molecule has 1 fully saturated rings. The Bertz CT molecular complexity index is 339. The number of hydrogen-bond donors (Lipinski definition) is 1. The van der Waals surface area contributed by atoms with E-state index in [4.69, 9.17) is 15.2 Å². The predicted molar refractivity (Wildman–Crippen MR) is 70.2 cm³/mol. The van der Waals surface area contributed by atoms with Gasteiger partial charge in [-0.1, -0.05) is 13.0 Å². The third-order valence-electron chi connectivity index (χ3n) is 3.35. The van der Waals surface area contributed by atoms with E-state index in [2.05, 4.69) is 11.9 Å². The second-order valence-corrected chi connectivity index (χ2v) is 4.70. The monoisotopic (exact) mass is 250 g/mol. The first-order chi connectivity index (χ1) is 8.81. The van der Waals surface area contributed by atoms with Gasteiger partial charge in [0.15, 0.2) is 0 Å². The molecule has 0 bridgehead atoms. The molecule has 2 rings (SSSR count). The van der Waals surface area contributed by atoms with Gasteiger partial charge in [-0.25, -0.2) is 0 Å². The molecule has 100 valence electrons. The summed E-state index contributed by atoms with van der Waals surface area (Å²) in [7, 11) is 0. The van der Waals surface area contributed by atoms with Gasteiger partial charge in [0.25, 0.3) is 0 Å². The second kappa shape index (κ2) is 6.83. The number of aromatic nitrogens is 1. The van der Waals surface area contributed by atoms with E-state index in [0.717, 1.165) is 38.2 Å². The highest BCUT2D eigenvalue weighted by atomic mass is 16.5. The van der Waals surface area contributed by atoms with Crippen LogP contribution in [0.2, 0.25) is 0 Å². The third kappa shape index (κ3) is 3.51. The molecule has 4 nitrogen and oxygen atoms in total. The highest BCUT2D eigenvalue weighted by Crippen LogP contribution is 2.25. The second-order valence-electron chi connectivity index (χ2n) is 4.70. The first-order valence-corrected chi connectivity index (χ1v) is 6.71. The molecule has 0 aliphatic carbocycles. The van der Waals surface area contributed by atoms with Crippen molar-refractivity contribution in [3.05, 3.63) is 30.1 Å². The average molecular weight is 250 g/mol. The van der Waals surface area contributed by atoms with Crippen molar-refractivity contribution in [2.75, 3.05) is 13.2 Å². The van der Waals surface area contributed by atoms with Crippen LogP contribution in [0.15, 0.2) is 24.4 Å². The van der Waals surface area contributed by atoms with E-state index >= 15 is 0 Å². The topological polar surface area (TPSA) is 57.4 Å². The zero-order valence-corrected chi connectivity index (χ0v) is 10.9. The van der Waals surface area contributed by atoms with Crippen LogP contribution in [-0.2, 0) is 9.47 Å². The molecular weight excluding hydrogens is 228 g/mol. The zero-order valence-electron chi connectivity index (χ0n) is 10.9. The van der Waals surface area contributed by atoms with E-state index in [1.165, 1.54) is 0 Å². The number of rotatable bonds is 5.